The van der Waals surface area contributed by atoms with Crippen molar-refractivity contribution in [1.29, 1.82) is 0 Å². The van der Waals surface area contributed by atoms with Gasteiger partial charge in [0.1, 0.15) is 11.5 Å². The van der Waals surface area contributed by atoms with Crippen LogP contribution >= 0.6 is 23.2 Å². The molecule has 1 unspecified atom stereocenters. The minimum atomic E-state index is -0.988. The molecule has 0 spiro atoms. The number of ketones is 1. The van der Waals surface area contributed by atoms with Crippen LogP contribution in [-0.4, -0.2) is 29.0 Å². The molecule has 1 fully saturated rings. The Hall–Kier alpha value is -4.46. The molecule has 4 aromatic carbocycles. The molecule has 1 saturated heterocycles. The molecular weight excluding hydrogens is 539 g/mol. The van der Waals surface area contributed by atoms with Gasteiger partial charge in [0.2, 0.25) is 0 Å². The molecule has 7 nitrogen and oxygen atoms in total. The molecule has 0 radical (unpaired) electrons. The molecule has 3 N–H and O–H groups in total. The number of ether oxygens (including phenoxy) is 1. The summed E-state index contributed by atoms with van der Waals surface area (Å²) < 4.78 is 5.18. The molecule has 1 atom stereocenters. The van der Waals surface area contributed by atoms with E-state index in [0.29, 0.717) is 11.3 Å². The van der Waals surface area contributed by atoms with Crippen LogP contribution in [0.4, 0.5) is 17.1 Å². The Morgan fingerprint density at radius 3 is 2.05 bits per heavy atom. The normalized spacial score (nSPS) is 16.4. The molecule has 0 bridgehead atoms. The fourth-order valence-electron chi connectivity index (χ4n) is 4.51. The second kappa shape index (κ2) is 10.7. The molecule has 0 aromatic heterocycles. The molecule has 4 aromatic rings. The first-order valence-electron chi connectivity index (χ1n) is 11.8. The lowest BCUT2D eigenvalue weighted by atomic mass is 9.95. The molecule has 1 amide bonds. The van der Waals surface area contributed by atoms with Crippen LogP contribution in [0.15, 0.2) is 96.6 Å². The van der Waals surface area contributed by atoms with Gasteiger partial charge in [0.25, 0.3) is 11.7 Å². The van der Waals surface area contributed by atoms with Gasteiger partial charge in [-0.1, -0.05) is 53.5 Å². The number of amides is 1. The van der Waals surface area contributed by atoms with Crippen LogP contribution < -0.4 is 15.0 Å². The number of rotatable bonds is 6. The van der Waals surface area contributed by atoms with E-state index in [1.165, 1.54) is 36.3 Å². The zero-order chi connectivity index (χ0) is 27.7. The van der Waals surface area contributed by atoms with Crippen LogP contribution in [0.5, 0.6) is 11.5 Å². The van der Waals surface area contributed by atoms with Gasteiger partial charge < -0.3 is 20.3 Å². The lowest BCUT2D eigenvalue weighted by Crippen LogP contribution is -2.29. The van der Waals surface area contributed by atoms with Crippen LogP contribution in [0.2, 0.25) is 10.0 Å². The Labute approximate surface area is 234 Å². The highest BCUT2D eigenvalue weighted by molar-refractivity contribution is 6.51. The Balaban J connectivity index is 1.61. The van der Waals surface area contributed by atoms with Gasteiger partial charge >= 0.3 is 0 Å². The van der Waals surface area contributed by atoms with Crippen LogP contribution in [-0.2, 0) is 9.59 Å². The van der Waals surface area contributed by atoms with E-state index in [4.69, 9.17) is 27.9 Å². The van der Waals surface area contributed by atoms with Gasteiger partial charge in [-0.3, -0.25) is 14.5 Å². The largest absolute Gasteiger partial charge is 0.508 e. The summed E-state index contributed by atoms with van der Waals surface area (Å²) in [5, 5.41) is 24.7. The molecule has 0 aliphatic carbocycles. The maximum absolute atomic E-state index is 13.4. The summed E-state index contributed by atoms with van der Waals surface area (Å²) >= 11 is 12.6. The maximum atomic E-state index is 13.4. The highest BCUT2D eigenvalue weighted by Crippen LogP contribution is 2.44. The summed E-state index contributed by atoms with van der Waals surface area (Å²) in [5.41, 5.74) is 2.63. The highest BCUT2D eigenvalue weighted by atomic mass is 35.5. The number of hydrogen-bond donors (Lipinski definition) is 3. The Morgan fingerprint density at radius 2 is 1.46 bits per heavy atom. The molecule has 1 heterocycles. The number of para-hydroxylation sites is 1. The van der Waals surface area contributed by atoms with E-state index >= 15 is 0 Å². The zero-order valence-corrected chi connectivity index (χ0v) is 22.1. The number of anilines is 3. The van der Waals surface area contributed by atoms with Crippen molar-refractivity contribution in [2.24, 2.45) is 0 Å². The average molecular weight is 561 g/mol. The van der Waals surface area contributed by atoms with E-state index in [9.17, 15) is 19.8 Å². The number of carbonyl (C=O) groups is 2. The van der Waals surface area contributed by atoms with Gasteiger partial charge in [0, 0.05) is 22.6 Å². The number of phenolic OH excluding ortho intramolecular Hbond substituents is 1. The quantitative estimate of drug-likeness (QED) is 0.132. The zero-order valence-electron chi connectivity index (χ0n) is 20.6. The number of aliphatic hydroxyl groups is 1. The topological polar surface area (TPSA) is 99.1 Å². The minimum Gasteiger partial charge on any atom is -0.508 e. The van der Waals surface area contributed by atoms with Gasteiger partial charge in [0.15, 0.2) is 5.75 Å². The van der Waals surface area contributed by atoms with E-state index in [2.05, 4.69) is 5.32 Å². The van der Waals surface area contributed by atoms with Gasteiger partial charge in [0.05, 0.1) is 28.8 Å². The second-order valence-electron chi connectivity index (χ2n) is 8.77. The number of benzene rings is 4. The number of carbonyl (C=O) groups excluding carboxylic acids is 2. The summed E-state index contributed by atoms with van der Waals surface area (Å²) in [6.07, 6.45) is 0. The number of Topliss-reactive ketones (excluding diaryl/α,β-unsaturated/α-hetero) is 1. The number of aliphatic hydroxyl groups excluding tert-OH is 1. The van der Waals surface area contributed by atoms with E-state index in [1.807, 2.05) is 30.3 Å². The fraction of sp³-hybridized carbons (Fsp3) is 0.0667. The summed E-state index contributed by atoms with van der Waals surface area (Å²) in [6, 6.07) is 24.5. The van der Waals surface area contributed by atoms with Gasteiger partial charge in [-0.05, 0) is 66.2 Å². The van der Waals surface area contributed by atoms with Crippen LogP contribution in [0.1, 0.15) is 17.2 Å². The predicted octanol–water partition coefficient (Wildman–Crippen LogP) is 7.08. The average Bonchev–Trinajstić information content (AvgIpc) is 3.19. The summed E-state index contributed by atoms with van der Waals surface area (Å²) in [6.45, 7) is 0. The van der Waals surface area contributed by atoms with Crippen LogP contribution in [0.25, 0.3) is 5.76 Å². The minimum absolute atomic E-state index is 0.0146. The van der Waals surface area contributed by atoms with Crippen molar-refractivity contribution >= 4 is 57.7 Å². The van der Waals surface area contributed by atoms with Gasteiger partial charge in [-0.25, -0.2) is 0 Å². The van der Waals surface area contributed by atoms with E-state index in [-0.39, 0.29) is 32.7 Å². The molecule has 39 heavy (non-hydrogen) atoms. The fourth-order valence-corrected chi connectivity index (χ4v) is 5.15. The highest BCUT2D eigenvalue weighted by Gasteiger charge is 2.47. The van der Waals surface area contributed by atoms with E-state index < -0.39 is 23.5 Å². The smallest absolute Gasteiger partial charge is 0.300 e. The monoisotopic (exact) mass is 560 g/mol. The summed E-state index contributed by atoms with van der Waals surface area (Å²) in [4.78, 5) is 28.1. The predicted molar refractivity (Wildman–Crippen MR) is 152 cm³/mol. The van der Waals surface area contributed by atoms with Gasteiger partial charge in [-0.2, -0.15) is 0 Å². The molecule has 9 heteroatoms. The summed E-state index contributed by atoms with van der Waals surface area (Å²) in [5.74, 6) is -1.90. The molecule has 196 valence electrons. The first-order chi connectivity index (χ1) is 18.8. The van der Waals surface area contributed by atoms with Crippen molar-refractivity contribution in [3.63, 3.8) is 0 Å². The van der Waals surface area contributed by atoms with Crippen molar-refractivity contribution in [3.8, 4) is 11.5 Å². The van der Waals surface area contributed by atoms with Crippen molar-refractivity contribution < 1.29 is 24.5 Å². The number of phenols is 1. The van der Waals surface area contributed by atoms with Crippen LogP contribution in [0, 0.1) is 0 Å². The lowest BCUT2D eigenvalue weighted by molar-refractivity contribution is -0.132. The van der Waals surface area contributed by atoms with Gasteiger partial charge in [-0.15, -0.1) is 0 Å². The SMILES string of the molecule is COc1c(Cl)cc(/C(O)=C2\C(=O)C(=O)N(c3ccc(Nc4ccccc4)cc3)C2c2ccc(O)cc2)cc1Cl. The number of aromatic hydroxyl groups is 1. The first kappa shape index (κ1) is 26.2. The number of nitrogens with zero attached hydrogens (tertiary/aromatic N) is 1. The van der Waals surface area contributed by atoms with E-state index in [1.54, 1.807) is 36.4 Å². The number of methoxy groups -OCH3 is 1. The second-order valence-corrected chi connectivity index (χ2v) is 9.59. The molecular formula is C30H22Cl2N2O5. The number of hydrogen-bond acceptors (Lipinski definition) is 6. The molecule has 1 aliphatic rings. The Bertz CT molecular complexity index is 1560. The molecule has 5 rings (SSSR count). The molecule has 0 saturated carbocycles. The third-order valence-corrected chi connectivity index (χ3v) is 6.90. The van der Waals surface area contributed by atoms with Crippen molar-refractivity contribution in [2.75, 3.05) is 17.3 Å². The maximum Gasteiger partial charge on any atom is 0.300 e. The summed E-state index contributed by atoms with van der Waals surface area (Å²) in [7, 11) is 1.41. The standard InChI is InChI=1S/C30H22Cl2N2O5/c1-39-29-23(31)15-18(16-24(29)32)27(36)25-26(17-7-13-22(35)14-8-17)34(30(38)28(25)37)21-11-9-20(10-12-21)33-19-5-3-2-4-6-19/h2-16,26,33,35-36H,1H3/b27-25+. The van der Waals surface area contributed by atoms with Crippen molar-refractivity contribution in [1.82, 2.24) is 0 Å². The van der Waals surface area contributed by atoms with Crippen molar-refractivity contribution in [3.05, 3.63) is 118 Å². The van der Waals surface area contributed by atoms with Crippen molar-refractivity contribution in [2.45, 2.75) is 6.04 Å². The third kappa shape index (κ3) is 5.02. The first-order valence-corrected chi connectivity index (χ1v) is 12.6. The van der Waals surface area contributed by atoms with E-state index in [0.717, 1.165) is 11.4 Å². The number of nitrogens with one attached hydrogen (secondary N) is 1. The van der Waals surface area contributed by atoms with Crippen LogP contribution in [0.3, 0.4) is 0 Å². The third-order valence-electron chi connectivity index (χ3n) is 6.34. The Morgan fingerprint density at radius 1 is 0.872 bits per heavy atom. The lowest BCUT2D eigenvalue weighted by Gasteiger charge is -2.26. The Kier molecular flexibility index (Phi) is 7.19. The molecule has 1 aliphatic heterocycles. The number of halogens is 2.